The fraction of sp³-hybridized carbons (Fsp3) is 0. The van der Waals surface area contributed by atoms with Gasteiger partial charge in [0.15, 0.2) is 0 Å². The fourth-order valence-electron chi connectivity index (χ4n) is 6.93. The molecule has 9 aromatic rings. The largest absolute Gasteiger partial charge is 0.309 e. The first kappa shape index (κ1) is 28.3. The summed E-state index contributed by atoms with van der Waals surface area (Å²) in [5.74, 6) is 0. The number of benzene rings is 8. The quantitative estimate of drug-likeness (QED) is 0.177. The maximum Gasteiger partial charge on any atom is 0.0640 e. The molecule has 9 rings (SSSR count). The minimum absolute atomic E-state index is 1.13. The van der Waals surface area contributed by atoms with E-state index in [0.717, 1.165) is 11.4 Å². The number of anilines is 3. The Labute approximate surface area is 284 Å². The van der Waals surface area contributed by atoms with Gasteiger partial charge in [-0.15, -0.1) is 11.3 Å². The predicted molar refractivity (Wildman–Crippen MR) is 208 cm³/mol. The van der Waals surface area contributed by atoms with Crippen molar-refractivity contribution < 1.29 is 0 Å². The third-order valence-corrected chi connectivity index (χ3v) is 10.6. The first-order chi connectivity index (χ1) is 23.8. The molecule has 0 unspecified atom stereocenters. The molecule has 0 aliphatic heterocycles. The Morgan fingerprint density at radius 2 is 0.750 bits per heavy atom. The molecule has 0 amide bonds. The Bertz CT molecular complexity index is 2430. The van der Waals surface area contributed by atoms with Gasteiger partial charge in [0.1, 0.15) is 0 Å². The minimum Gasteiger partial charge on any atom is -0.309 e. The van der Waals surface area contributed by atoms with Crippen LogP contribution in [0.2, 0.25) is 0 Å². The van der Waals surface area contributed by atoms with Gasteiger partial charge < -0.3 is 4.90 Å². The molecule has 8 aromatic carbocycles. The number of fused-ring (bicyclic) bond motifs is 5. The number of nitrogens with zero attached hydrogens (tertiary/aromatic N) is 1. The van der Waals surface area contributed by atoms with Gasteiger partial charge in [0.25, 0.3) is 0 Å². The highest BCUT2D eigenvalue weighted by Gasteiger charge is 2.20. The topological polar surface area (TPSA) is 3.24 Å². The molecule has 0 aliphatic carbocycles. The SMILES string of the molecule is c1ccc(-c2ccc(N(c3ccc(-c4ccccc4)cc3)c3cccc4c3sc3c5ccccc5c(-c5ccccc5)cc43)cc2)cc1. The van der Waals surface area contributed by atoms with Crippen LogP contribution in [0.4, 0.5) is 17.1 Å². The Morgan fingerprint density at radius 1 is 0.312 bits per heavy atom. The van der Waals surface area contributed by atoms with Gasteiger partial charge >= 0.3 is 0 Å². The molecule has 0 radical (unpaired) electrons. The maximum absolute atomic E-state index is 2.42. The summed E-state index contributed by atoms with van der Waals surface area (Å²) >= 11 is 1.90. The normalized spacial score (nSPS) is 11.3. The van der Waals surface area contributed by atoms with E-state index in [1.807, 2.05) is 11.3 Å². The van der Waals surface area contributed by atoms with Gasteiger partial charge in [-0.2, -0.15) is 0 Å². The zero-order valence-electron chi connectivity index (χ0n) is 26.3. The third-order valence-electron chi connectivity index (χ3n) is 9.27. The van der Waals surface area contributed by atoms with Gasteiger partial charge in [-0.1, -0.05) is 152 Å². The van der Waals surface area contributed by atoms with Crippen molar-refractivity contribution in [3.05, 3.63) is 188 Å². The summed E-state index contributed by atoms with van der Waals surface area (Å²) in [4.78, 5) is 2.42. The zero-order valence-corrected chi connectivity index (χ0v) is 27.1. The van der Waals surface area contributed by atoms with Gasteiger partial charge in [-0.25, -0.2) is 0 Å². The van der Waals surface area contributed by atoms with E-state index in [0.29, 0.717) is 0 Å². The number of rotatable bonds is 6. The van der Waals surface area contributed by atoms with Crippen LogP contribution in [-0.2, 0) is 0 Å². The minimum atomic E-state index is 1.13. The van der Waals surface area contributed by atoms with Crippen LogP contribution in [-0.4, -0.2) is 0 Å². The molecular weight excluding hydrogens is 599 g/mol. The average Bonchev–Trinajstić information content (AvgIpc) is 3.56. The lowest BCUT2D eigenvalue weighted by molar-refractivity contribution is 1.30. The van der Waals surface area contributed by atoms with Gasteiger partial charge in [-0.05, 0) is 75.2 Å². The lowest BCUT2D eigenvalue weighted by Crippen LogP contribution is -2.10. The van der Waals surface area contributed by atoms with Crippen LogP contribution in [0.25, 0.3) is 64.3 Å². The van der Waals surface area contributed by atoms with E-state index in [9.17, 15) is 0 Å². The van der Waals surface area contributed by atoms with Gasteiger partial charge in [0, 0.05) is 32.2 Å². The lowest BCUT2D eigenvalue weighted by Gasteiger charge is -2.26. The summed E-state index contributed by atoms with van der Waals surface area (Å²) in [5.41, 5.74) is 10.8. The van der Waals surface area contributed by atoms with Crippen molar-refractivity contribution in [3.8, 4) is 33.4 Å². The van der Waals surface area contributed by atoms with Crippen molar-refractivity contribution in [3.63, 3.8) is 0 Å². The van der Waals surface area contributed by atoms with Crippen LogP contribution in [0, 0.1) is 0 Å². The standard InChI is InChI=1S/C46H31NS/c1-4-13-32(14-5-1)34-23-27-37(28-24-34)47(38-29-25-35(26-30-38)33-15-6-2-7-16-33)44-22-12-21-41-43-31-42(36-17-8-3-9-18-36)39-19-10-11-20-40(39)45(43)48-46(41)44/h1-31H. The fourth-order valence-corrected chi connectivity index (χ4v) is 8.25. The van der Waals surface area contributed by atoms with Crippen LogP contribution >= 0.6 is 11.3 Å². The molecule has 0 saturated heterocycles. The second kappa shape index (κ2) is 12.0. The number of hydrogen-bond acceptors (Lipinski definition) is 2. The molecule has 0 atom stereocenters. The van der Waals surface area contributed by atoms with Crippen LogP contribution in [0.1, 0.15) is 0 Å². The first-order valence-corrected chi connectivity index (χ1v) is 17.2. The Hall–Kier alpha value is -5.96. The monoisotopic (exact) mass is 629 g/mol. The molecule has 1 nitrogen and oxygen atoms in total. The maximum atomic E-state index is 2.42. The van der Waals surface area contributed by atoms with Crippen LogP contribution in [0.3, 0.4) is 0 Å². The van der Waals surface area contributed by atoms with E-state index in [4.69, 9.17) is 0 Å². The molecule has 0 spiro atoms. The summed E-state index contributed by atoms with van der Waals surface area (Å²) in [7, 11) is 0. The highest BCUT2D eigenvalue weighted by atomic mass is 32.1. The molecule has 0 fully saturated rings. The summed E-state index contributed by atoms with van der Waals surface area (Å²) in [5, 5.41) is 5.16. The van der Waals surface area contributed by atoms with Crippen molar-refractivity contribution in [2.24, 2.45) is 0 Å². The Balaban J connectivity index is 1.25. The Kier molecular flexibility index (Phi) is 7.07. The van der Waals surface area contributed by atoms with Crippen LogP contribution in [0.5, 0.6) is 0 Å². The van der Waals surface area contributed by atoms with Crippen molar-refractivity contribution in [2.75, 3.05) is 4.90 Å². The second-order valence-electron chi connectivity index (χ2n) is 12.1. The number of thiophene rings is 1. The molecule has 0 aliphatic rings. The molecule has 226 valence electrons. The van der Waals surface area contributed by atoms with Gasteiger partial charge in [0.2, 0.25) is 0 Å². The highest BCUT2D eigenvalue weighted by Crippen LogP contribution is 2.48. The summed E-state index contributed by atoms with van der Waals surface area (Å²) < 4.78 is 2.61. The van der Waals surface area contributed by atoms with Gasteiger partial charge in [0.05, 0.1) is 10.4 Å². The average molecular weight is 630 g/mol. The molecule has 1 aromatic heterocycles. The second-order valence-corrected chi connectivity index (χ2v) is 13.2. The number of hydrogen-bond donors (Lipinski definition) is 0. The van der Waals surface area contributed by atoms with E-state index in [-0.39, 0.29) is 0 Å². The molecule has 1 heterocycles. The molecule has 0 N–H and O–H groups in total. The first-order valence-electron chi connectivity index (χ1n) is 16.4. The smallest absolute Gasteiger partial charge is 0.0640 e. The van der Waals surface area contributed by atoms with Crippen molar-refractivity contribution in [2.45, 2.75) is 0 Å². The molecular formula is C46H31NS. The van der Waals surface area contributed by atoms with E-state index in [1.54, 1.807) is 0 Å². The lowest BCUT2D eigenvalue weighted by atomic mass is 9.95. The molecule has 0 saturated carbocycles. The van der Waals surface area contributed by atoms with Crippen molar-refractivity contribution in [1.29, 1.82) is 0 Å². The summed E-state index contributed by atoms with van der Waals surface area (Å²) in [6.07, 6.45) is 0. The van der Waals surface area contributed by atoms with Crippen LogP contribution in [0.15, 0.2) is 188 Å². The Morgan fingerprint density at radius 3 is 1.31 bits per heavy atom. The van der Waals surface area contributed by atoms with E-state index in [1.165, 1.54) is 70.0 Å². The highest BCUT2D eigenvalue weighted by molar-refractivity contribution is 7.27. The molecule has 48 heavy (non-hydrogen) atoms. The summed E-state index contributed by atoms with van der Waals surface area (Å²) in [6.45, 7) is 0. The van der Waals surface area contributed by atoms with E-state index in [2.05, 4.69) is 193 Å². The summed E-state index contributed by atoms with van der Waals surface area (Å²) in [6, 6.07) is 68.0. The van der Waals surface area contributed by atoms with Crippen molar-refractivity contribution in [1.82, 2.24) is 0 Å². The van der Waals surface area contributed by atoms with Crippen molar-refractivity contribution >= 4 is 59.3 Å². The predicted octanol–water partition coefficient (Wildman–Crippen LogP) is 13.7. The van der Waals surface area contributed by atoms with Gasteiger partial charge in [-0.3, -0.25) is 0 Å². The zero-order chi connectivity index (χ0) is 31.9. The third kappa shape index (κ3) is 4.95. The van der Waals surface area contributed by atoms with E-state index >= 15 is 0 Å². The van der Waals surface area contributed by atoms with Crippen LogP contribution < -0.4 is 4.90 Å². The molecule has 0 bridgehead atoms. The van der Waals surface area contributed by atoms with E-state index < -0.39 is 0 Å². The molecule has 2 heteroatoms.